The summed E-state index contributed by atoms with van der Waals surface area (Å²) in [5.74, 6) is 0.659. The van der Waals surface area contributed by atoms with Crippen molar-refractivity contribution in [1.82, 2.24) is 4.98 Å². The molecule has 0 fully saturated rings. The van der Waals surface area contributed by atoms with Crippen LogP contribution in [0.15, 0.2) is 97.2 Å². The van der Waals surface area contributed by atoms with Gasteiger partial charge in [0.1, 0.15) is 0 Å². The molecular weight excluding hydrogens is 446 g/mol. The highest BCUT2D eigenvalue weighted by atomic mass is 14.7. The molecule has 6 aromatic rings. The van der Waals surface area contributed by atoms with Crippen LogP contribution < -0.4 is 0 Å². The van der Waals surface area contributed by atoms with Crippen LogP contribution in [0.5, 0.6) is 0 Å². The van der Waals surface area contributed by atoms with Crippen LogP contribution in [0.1, 0.15) is 44.4 Å². The number of rotatable bonds is 3. The Balaban J connectivity index is 1.40. The van der Waals surface area contributed by atoms with Gasteiger partial charge < -0.3 is 0 Å². The van der Waals surface area contributed by atoms with Crippen molar-refractivity contribution in [2.45, 2.75) is 39.5 Å². The van der Waals surface area contributed by atoms with Crippen molar-refractivity contribution in [3.05, 3.63) is 114 Å². The normalized spacial score (nSPS) is 14.0. The van der Waals surface area contributed by atoms with Crippen LogP contribution in [-0.2, 0) is 11.8 Å². The highest BCUT2D eigenvalue weighted by molar-refractivity contribution is 6.19. The van der Waals surface area contributed by atoms with Gasteiger partial charge in [0.05, 0.1) is 5.69 Å². The Labute approximate surface area is 218 Å². The second-order valence-electron chi connectivity index (χ2n) is 11.6. The van der Waals surface area contributed by atoms with E-state index in [4.69, 9.17) is 4.98 Å². The van der Waals surface area contributed by atoms with E-state index < -0.39 is 0 Å². The fourth-order valence-corrected chi connectivity index (χ4v) is 6.54. The summed E-state index contributed by atoms with van der Waals surface area (Å²) in [7, 11) is 0. The SMILES string of the molecule is CC(C)Cc1ccc2c(ccc3c4ccnc(-c5ccc6c(c5)C(C)(C)c5ccccc5-6)c4ccc23)c1. The van der Waals surface area contributed by atoms with Crippen molar-refractivity contribution < 1.29 is 0 Å². The van der Waals surface area contributed by atoms with Crippen molar-refractivity contribution in [1.29, 1.82) is 0 Å². The molecule has 0 aliphatic heterocycles. The molecule has 0 spiro atoms. The maximum atomic E-state index is 4.91. The second-order valence-corrected chi connectivity index (χ2v) is 11.6. The fraction of sp³-hybridized carbons (Fsp3) is 0.194. The maximum absolute atomic E-state index is 4.91. The van der Waals surface area contributed by atoms with Gasteiger partial charge in [0.25, 0.3) is 0 Å². The van der Waals surface area contributed by atoms with Gasteiger partial charge in [0.15, 0.2) is 0 Å². The maximum Gasteiger partial charge on any atom is 0.0780 e. The minimum atomic E-state index is -0.0213. The Hall–Kier alpha value is -3.97. The summed E-state index contributed by atoms with van der Waals surface area (Å²) >= 11 is 0. The molecule has 1 nitrogen and oxygen atoms in total. The van der Waals surface area contributed by atoms with E-state index in [9.17, 15) is 0 Å². The first-order chi connectivity index (χ1) is 17.9. The van der Waals surface area contributed by atoms with E-state index in [2.05, 4.69) is 119 Å². The zero-order valence-corrected chi connectivity index (χ0v) is 22.0. The minimum absolute atomic E-state index is 0.0213. The zero-order valence-electron chi connectivity index (χ0n) is 22.0. The van der Waals surface area contributed by atoms with Crippen molar-refractivity contribution in [2.24, 2.45) is 5.92 Å². The number of pyridine rings is 1. The van der Waals surface area contributed by atoms with Gasteiger partial charge in [-0.1, -0.05) is 107 Å². The third kappa shape index (κ3) is 3.34. The summed E-state index contributed by atoms with van der Waals surface area (Å²) in [5, 5.41) is 7.71. The smallest absolute Gasteiger partial charge is 0.0780 e. The topological polar surface area (TPSA) is 12.9 Å². The van der Waals surface area contributed by atoms with Gasteiger partial charge in [-0.2, -0.15) is 0 Å². The number of nitrogens with zero attached hydrogens (tertiary/aromatic N) is 1. The van der Waals surface area contributed by atoms with Crippen LogP contribution in [-0.4, -0.2) is 4.98 Å². The van der Waals surface area contributed by atoms with Gasteiger partial charge in [-0.25, -0.2) is 0 Å². The minimum Gasteiger partial charge on any atom is -0.256 e. The first kappa shape index (κ1) is 22.2. The molecule has 0 saturated carbocycles. The van der Waals surface area contributed by atoms with Gasteiger partial charge in [0, 0.05) is 22.6 Å². The molecule has 37 heavy (non-hydrogen) atoms. The van der Waals surface area contributed by atoms with E-state index in [1.165, 1.54) is 65.7 Å². The number of benzene rings is 5. The van der Waals surface area contributed by atoms with Gasteiger partial charge >= 0.3 is 0 Å². The molecule has 180 valence electrons. The summed E-state index contributed by atoms with van der Waals surface area (Å²) in [6, 6.07) is 34.0. The Morgan fingerprint density at radius 1 is 0.649 bits per heavy atom. The number of hydrogen-bond donors (Lipinski definition) is 0. The fourth-order valence-electron chi connectivity index (χ4n) is 6.54. The summed E-state index contributed by atoms with van der Waals surface area (Å²) in [4.78, 5) is 4.91. The molecule has 5 aromatic carbocycles. The third-order valence-electron chi connectivity index (χ3n) is 8.32. The summed E-state index contributed by atoms with van der Waals surface area (Å²) in [6.07, 6.45) is 3.09. The lowest BCUT2D eigenvalue weighted by Crippen LogP contribution is -2.14. The summed E-state index contributed by atoms with van der Waals surface area (Å²) in [5.41, 5.74) is 9.12. The highest BCUT2D eigenvalue weighted by Crippen LogP contribution is 2.49. The third-order valence-corrected chi connectivity index (χ3v) is 8.32. The lowest BCUT2D eigenvalue weighted by molar-refractivity contribution is 0.648. The van der Waals surface area contributed by atoms with E-state index in [0.717, 1.165) is 12.1 Å². The number of hydrogen-bond acceptors (Lipinski definition) is 1. The largest absolute Gasteiger partial charge is 0.256 e. The van der Waals surface area contributed by atoms with Crippen LogP contribution in [0.2, 0.25) is 0 Å². The molecule has 0 N–H and O–H groups in total. The van der Waals surface area contributed by atoms with E-state index in [-0.39, 0.29) is 5.41 Å². The van der Waals surface area contributed by atoms with Crippen LogP contribution in [0.25, 0.3) is 54.7 Å². The molecule has 1 aliphatic carbocycles. The van der Waals surface area contributed by atoms with Gasteiger partial charge in [-0.15, -0.1) is 0 Å². The lowest BCUT2D eigenvalue weighted by atomic mass is 9.81. The molecule has 0 bridgehead atoms. The van der Waals surface area contributed by atoms with Crippen molar-refractivity contribution in [3.63, 3.8) is 0 Å². The van der Waals surface area contributed by atoms with Crippen molar-refractivity contribution in [3.8, 4) is 22.4 Å². The average molecular weight is 478 g/mol. The Bertz CT molecular complexity index is 1860. The molecule has 0 saturated heterocycles. The van der Waals surface area contributed by atoms with Crippen LogP contribution >= 0.6 is 0 Å². The summed E-state index contributed by atoms with van der Waals surface area (Å²) < 4.78 is 0. The predicted octanol–water partition coefficient (Wildman–Crippen LogP) is 9.71. The monoisotopic (exact) mass is 477 g/mol. The average Bonchev–Trinajstić information content (AvgIpc) is 3.13. The first-order valence-electron chi connectivity index (χ1n) is 13.4. The molecule has 0 radical (unpaired) electrons. The van der Waals surface area contributed by atoms with E-state index in [0.29, 0.717) is 5.92 Å². The second kappa shape index (κ2) is 8.02. The van der Waals surface area contributed by atoms with E-state index in [1.807, 2.05) is 6.20 Å². The van der Waals surface area contributed by atoms with Crippen LogP contribution in [0.4, 0.5) is 0 Å². The summed E-state index contributed by atoms with van der Waals surface area (Å²) in [6.45, 7) is 9.23. The first-order valence-corrected chi connectivity index (χ1v) is 13.4. The van der Waals surface area contributed by atoms with Gasteiger partial charge in [-0.05, 0) is 79.2 Å². The Kier molecular flexibility index (Phi) is 4.82. The molecule has 7 rings (SSSR count). The molecular formula is C36H31N. The Morgan fingerprint density at radius 2 is 1.35 bits per heavy atom. The van der Waals surface area contributed by atoms with Crippen molar-refractivity contribution >= 4 is 32.3 Å². The zero-order chi connectivity index (χ0) is 25.3. The standard InChI is InChI=1S/C36H31N/c1-22(2)19-23-9-12-26-24(20-23)10-13-28-27(26)15-16-32-29(28)17-18-37-35(32)25-11-14-31-30-7-5-6-8-33(30)36(3,4)34(31)21-25/h5-18,20-22H,19H2,1-4H3. The molecule has 1 aliphatic rings. The van der Waals surface area contributed by atoms with Crippen LogP contribution in [0, 0.1) is 5.92 Å². The van der Waals surface area contributed by atoms with E-state index in [1.54, 1.807) is 0 Å². The lowest BCUT2D eigenvalue weighted by Gasteiger charge is -2.22. The van der Waals surface area contributed by atoms with E-state index >= 15 is 0 Å². The van der Waals surface area contributed by atoms with Gasteiger partial charge in [0.2, 0.25) is 0 Å². The molecule has 0 amide bonds. The number of aromatic nitrogens is 1. The number of fused-ring (bicyclic) bond motifs is 8. The van der Waals surface area contributed by atoms with Crippen LogP contribution in [0.3, 0.4) is 0 Å². The molecule has 0 atom stereocenters. The molecule has 1 heteroatoms. The molecule has 1 aromatic heterocycles. The highest BCUT2D eigenvalue weighted by Gasteiger charge is 2.35. The van der Waals surface area contributed by atoms with Crippen molar-refractivity contribution in [2.75, 3.05) is 0 Å². The van der Waals surface area contributed by atoms with Gasteiger partial charge in [-0.3, -0.25) is 4.98 Å². The molecule has 1 heterocycles. The molecule has 0 unspecified atom stereocenters. The quantitative estimate of drug-likeness (QED) is 0.231. The Morgan fingerprint density at radius 3 is 2.22 bits per heavy atom. The predicted molar refractivity (Wildman–Crippen MR) is 158 cm³/mol.